The Labute approximate surface area is 239 Å². The van der Waals surface area contributed by atoms with Crippen LogP contribution in [0.15, 0.2) is 61.1 Å². The fourth-order valence-electron chi connectivity index (χ4n) is 5.33. The minimum Gasteiger partial charge on any atom is -0.486 e. The summed E-state index contributed by atoms with van der Waals surface area (Å²) in [5.41, 5.74) is 2.02. The summed E-state index contributed by atoms with van der Waals surface area (Å²) >= 11 is 6.45. The van der Waals surface area contributed by atoms with Crippen LogP contribution in [0.4, 0.5) is 22.0 Å². The molecule has 1 amide bonds. The van der Waals surface area contributed by atoms with E-state index in [9.17, 15) is 14.9 Å². The molecule has 2 fully saturated rings. The first-order chi connectivity index (χ1) is 19.8. The number of rotatable bonds is 6. The zero-order valence-corrected chi connectivity index (χ0v) is 22.3. The van der Waals surface area contributed by atoms with Crippen LogP contribution in [0.2, 0.25) is 5.02 Å². The second-order valence-corrected chi connectivity index (χ2v) is 10.7. The van der Waals surface area contributed by atoms with Gasteiger partial charge in [0, 0.05) is 47.8 Å². The van der Waals surface area contributed by atoms with Gasteiger partial charge in [0.1, 0.15) is 30.1 Å². The number of carboxylic acid groups (broad SMARTS) is 1. The molecule has 4 aromatic rings. The highest BCUT2D eigenvalue weighted by atomic mass is 35.5. The molecule has 1 saturated heterocycles. The van der Waals surface area contributed by atoms with Crippen LogP contribution in [-0.4, -0.2) is 49.1 Å². The molecule has 12 heteroatoms. The number of pyridine rings is 1. The van der Waals surface area contributed by atoms with Gasteiger partial charge in [-0.2, -0.15) is 0 Å². The van der Waals surface area contributed by atoms with E-state index >= 15 is 0 Å². The molecule has 0 unspecified atom stereocenters. The van der Waals surface area contributed by atoms with Crippen LogP contribution in [0.25, 0.3) is 10.9 Å². The Morgan fingerprint density at radius 1 is 1.20 bits per heavy atom. The van der Waals surface area contributed by atoms with Crippen molar-refractivity contribution >= 4 is 45.8 Å². The third-order valence-corrected chi connectivity index (χ3v) is 7.63. The first-order valence-electron chi connectivity index (χ1n) is 12.8. The summed E-state index contributed by atoms with van der Waals surface area (Å²) in [6.07, 6.45) is 3.74. The van der Waals surface area contributed by atoms with E-state index in [0.717, 1.165) is 18.5 Å². The lowest BCUT2D eigenvalue weighted by atomic mass is 9.58. The van der Waals surface area contributed by atoms with E-state index in [0.29, 0.717) is 46.3 Å². The number of aromatic nitrogens is 3. The van der Waals surface area contributed by atoms with Crippen molar-refractivity contribution in [3.05, 3.63) is 87.4 Å². The molecule has 1 aliphatic heterocycles. The fourth-order valence-corrected chi connectivity index (χ4v) is 5.57. The predicted octanol–water partition coefficient (Wildman–Crippen LogP) is 5.65. The number of anilines is 2. The molecule has 2 aliphatic rings. The number of amides is 1. The minimum absolute atomic E-state index is 0.00712. The van der Waals surface area contributed by atoms with Gasteiger partial charge in [0.15, 0.2) is 0 Å². The lowest BCUT2D eigenvalue weighted by Crippen LogP contribution is -2.63. The number of nitro benzene ring substituents is 1. The van der Waals surface area contributed by atoms with Gasteiger partial charge in [-0.25, -0.2) is 14.8 Å². The molecule has 2 aromatic heterocycles. The fraction of sp³-hybridized carbons (Fsp3) is 0.241. The van der Waals surface area contributed by atoms with Crippen molar-refractivity contribution in [1.82, 2.24) is 19.9 Å². The van der Waals surface area contributed by atoms with Crippen molar-refractivity contribution in [2.24, 2.45) is 11.3 Å². The summed E-state index contributed by atoms with van der Waals surface area (Å²) in [5.74, 6) is 7.06. The lowest BCUT2D eigenvalue weighted by Gasteiger charge is -2.57. The number of ether oxygens (including phenoxy) is 1. The van der Waals surface area contributed by atoms with Crippen LogP contribution in [0.3, 0.4) is 0 Å². The molecule has 1 aliphatic carbocycles. The second kappa shape index (κ2) is 10.6. The molecule has 0 radical (unpaired) electrons. The molecular weight excluding hydrogens is 548 g/mol. The summed E-state index contributed by atoms with van der Waals surface area (Å²) in [6.45, 7) is 1.31. The first kappa shape index (κ1) is 26.3. The highest BCUT2D eigenvalue weighted by Crippen LogP contribution is 2.51. The summed E-state index contributed by atoms with van der Waals surface area (Å²) in [4.78, 5) is 36.7. The number of carbonyl (C=O) groups is 1. The molecule has 41 heavy (non-hydrogen) atoms. The average Bonchev–Trinajstić information content (AvgIpc) is 2.91. The topological polar surface area (TPSA) is 144 Å². The SMILES string of the molecule is O=C(O)N1CC2(CC(C#Cc3cc4ncnc(Nc5ccc(OCc6ccccn6)c(Cl)c5)c4cc3[N+](=O)[O-])C2)C1. The van der Waals surface area contributed by atoms with Crippen LogP contribution in [-0.2, 0) is 6.61 Å². The molecule has 0 bridgehead atoms. The van der Waals surface area contributed by atoms with Crippen molar-refractivity contribution in [2.45, 2.75) is 19.4 Å². The van der Waals surface area contributed by atoms with Crippen molar-refractivity contribution in [1.29, 1.82) is 0 Å². The number of hydrogen-bond acceptors (Lipinski definition) is 8. The molecule has 2 N–H and O–H groups in total. The standard InChI is InChI=1S/C29H23ClN6O5/c30-23-10-20(6-7-26(23)41-14-21-3-1-2-8-31-21)34-27-22-11-25(36(39)40)19(9-24(22)32-17-33-27)5-4-18-12-29(13-18)15-35(16-29)28(37)38/h1-3,6-11,17-18H,12-16H2,(H,37,38)(H,32,33,34). The van der Waals surface area contributed by atoms with Crippen LogP contribution in [0, 0.1) is 33.3 Å². The van der Waals surface area contributed by atoms with Crippen LogP contribution in [0.5, 0.6) is 5.75 Å². The Kier molecular flexibility index (Phi) is 6.77. The number of fused-ring (bicyclic) bond motifs is 1. The largest absolute Gasteiger partial charge is 0.486 e. The van der Waals surface area contributed by atoms with Crippen LogP contribution >= 0.6 is 11.6 Å². The van der Waals surface area contributed by atoms with E-state index in [1.165, 1.54) is 17.3 Å². The minimum atomic E-state index is -0.904. The number of benzene rings is 2. The van der Waals surface area contributed by atoms with E-state index in [2.05, 4.69) is 32.1 Å². The number of nitro groups is 1. The maximum absolute atomic E-state index is 11.9. The summed E-state index contributed by atoms with van der Waals surface area (Å²) in [7, 11) is 0. The zero-order chi connectivity index (χ0) is 28.6. The molecule has 206 valence electrons. The van der Waals surface area contributed by atoms with Gasteiger partial charge < -0.3 is 20.1 Å². The Morgan fingerprint density at radius 3 is 2.73 bits per heavy atom. The third-order valence-electron chi connectivity index (χ3n) is 7.34. The summed E-state index contributed by atoms with van der Waals surface area (Å²) in [5, 5.41) is 25.0. The number of nitrogens with zero attached hydrogens (tertiary/aromatic N) is 5. The molecule has 2 aromatic carbocycles. The normalized spacial score (nSPS) is 15.4. The highest BCUT2D eigenvalue weighted by Gasteiger charge is 2.53. The van der Waals surface area contributed by atoms with Crippen LogP contribution < -0.4 is 10.1 Å². The number of hydrogen-bond donors (Lipinski definition) is 2. The second-order valence-electron chi connectivity index (χ2n) is 10.3. The Bertz CT molecular complexity index is 1720. The molecular formula is C29H23ClN6O5. The van der Waals surface area contributed by atoms with Crippen molar-refractivity contribution in [2.75, 3.05) is 18.4 Å². The number of likely N-dealkylation sites (tertiary alicyclic amines) is 1. The van der Waals surface area contributed by atoms with Gasteiger partial charge in [-0.1, -0.05) is 29.5 Å². The average molecular weight is 571 g/mol. The number of nitrogens with one attached hydrogen (secondary N) is 1. The number of halogens is 1. The molecule has 3 heterocycles. The van der Waals surface area contributed by atoms with E-state index < -0.39 is 11.0 Å². The van der Waals surface area contributed by atoms with Crippen molar-refractivity contribution in [3.8, 4) is 17.6 Å². The van der Waals surface area contributed by atoms with Gasteiger partial charge in [0.25, 0.3) is 5.69 Å². The summed E-state index contributed by atoms with van der Waals surface area (Å²) in [6, 6.07) is 13.8. The Balaban J connectivity index is 1.19. The van der Waals surface area contributed by atoms with E-state index in [1.807, 2.05) is 18.2 Å². The maximum atomic E-state index is 11.9. The first-order valence-corrected chi connectivity index (χ1v) is 13.2. The molecule has 1 saturated carbocycles. The maximum Gasteiger partial charge on any atom is 0.407 e. The zero-order valence-electron chi connectivity index (χ0n) is 21.6. The van der Waals surface area contributed by atoms with E-state index in [1.54, 1.807) is 30.5 Å². The monoisotopic (exact) mass is 570 g/mol. The van der Waals surface area contributed by atoms with Crippen molar-refractivity contribution in [3.63, 3.8) is 0 Å². The van der Waals surface area contributed by atoms with Crippen molar-refractivity contribution < 1.29 is 19.6 Å². The molecule has 11 nitrogen and oxygen atoms in total. The van der Waals surface area contributed by atoms with Gasteiger partial charge in [-0.3, -0.25) is 15.1 Å². The van der Waals surface area contributed by atoms with Crippen LogP contribution in [0.1, 0.15) is 24.1 Å². The third kappa shape index (κ3) is 5.42. The Morgan fingerprint density at radius 2 is 2.02 bits per heavy atom. The van der Waals surface area contributed by atoms with Gasteiger partial charge in [0.05, 0.1) is 21.2 Å². The van der Waals surface area contributed by atoms with Gasteiger partial charge in [-0.05, 0) is 49.2 Å². The predicted molar refractivity (Wildman–Crippen MR) is 151 cm³/mol. The molecule has 6 rings (SSSR count). The quantitative estimate of drug-likeness (QED) is 0.171. The van der Waals surface area contributed by atoms with E-state index in [-0.39, 0.29) is 29.2 Å². The Hall–Kier alpha value is -4.95. The van der Waals surface area contributed by atoms with Gasteiger partial charge in [0.2, 0.25) is 0 Å². The van der Waals surface area contributed by atoms with Gasteiger partial charge in [-0.15, -0.1) is 0 Å². The highest BCUT2D eigenvalue weighted by molar-refractivity contribution is 6.32. The molecule has 1 spiro atoms. The lowest BCUT2D eigenvalue weighted by molar-refractivity contribution is -0.385. The molecule has 0 atom stereocenters. The summed E-state index contributed by atoms with van der Waals surface area (Å²) < 4.78 is 5.78. The smallest absolute Gasteiger partial charge is 0.407 e. The van der Waals surface area contributed by atoms with Gasteiger partial charge >= 0.3 is 6.09 Å². The van der Waals surface area contributed by atoms with E-state index in [4.69, 9.17) is 21.4 Å².